The molecule has 1 aromatic heterocycles. The van der Waals surface area contributed by atoms with Gasteiger partial charge < -0.3 is 5.11 Å². The summed E-state index contributed by atoms with van der Waals surface area (Å²) in [5.74, 6) is 0.152. The van der Waals surface area contributed by atoms with Crippen molar-refractivity contribution >= 4 is 11.6 Å². The average molecular weight is 173 g/mol. The summed E-state index contributed by atoms with van der Waals surface area (Å²) >= 11 is 5.44. The first kappa shape index (κ1) is 8.43. The van der Waals surface area contributed by atoms with Gasteiger partial charge in [0, 0.05) is 12.4 Å². The quantitative estimate of drug-likeness (QED) is 0.679. The molecule has 60 valence electrons. The lowest BCUT2D eigenvalue weighted by Gasteiger charge is -2.06. The van der Waals surface area contributed by atoms with E-state index in [9.17, 15) is 5.11 Å². The van der Waals surface area contributed by atoms with Gasteiger partial charge in [-0.15, -0.1) is 11.6 Å². The van der Waals surface area contributed by atoms with E-state index in [0.717, 1.165) is 5.69 Å². The van der Waals surface area contributed by atoms with Crippen molar-refractivity contribution in [3.63, 3.8) is 0 Å². The number of hydrogen-bond acceptors (Lipinski definition) is 3. The Kier molecular flexibility index (Phi) is 2.79. The van der Waals surface area contributed by atoms with Gasteiger partial charge in [-0.3, -0.25) is 9.97 Å². The van der Waals surface area contributed by atoms with Gasteiger partial charge in [-0.2, -0.15) is 0 Å². The van der Waals surface area contributed by atoms with Crippen molar-refractivity contribution in [1.29, 1.82) is 0 Å². The van der Waals surface area contributed by atoms with E-state index in [1.54, 1.807) is 13.1 Å². The van der Waals surface area contributed by atoms with Crippen molar-refractivity contribution in [2.75, 3.05) is 5.88 Å². The molecule has 3 nitrogen and oxygen atoms in total. The van der Waals surface area contributed by atoms with Gasteiger partial charge in [0.2, 0.25) is 0 Å². The Morgan fingerprint density at radius 1 is 1.55 bits per heavy atom. The van der Waals surface area contributed by atoms with Gasteiger partial charge in [0.1, 0.15) is 6.10 Å². The van der Waals surface area contributed by atoms with Gasteiger partial charge in [0.15, 0.2) is 0 Å². The lowest BCUT2D eigenvalue weighted by atomic mass is 10.2. The maximum absolute atomic E-state index is 9.28. The van der Waals surface area contributed by atoms with Crippen LogP contribution in [0.2, 0.25) is 0 Å². The third-order valence-corrected chi connectivity index (χ3v) is 1.67. The molecule has 4 heteroatoms. The number of halogens is 1. The summed E-state index contributed by atoms with van der Waals surface area (Å²) in [5, 5.41) is 9.28. The fraction of sp³-hybridized carbons (Fsp3) is 0.429. The van der Waals surface area contributed by atoms with Gasteiger partial charge in [-0.1, -0.05) is 0 Å². The number of aliphatic hydroxyl groups excluding tert-OH is 1. The molecule has 1 heterocycles. The Balaban J connectivity index is 2.93. The standard InChI is InChI=1S/C7H9ClN2O/c1-5-7(6(11)4-8)10-3-2-9-5/h2-3,6,11H,4H2,1H3/t6-/m0/s1. The first-order chi connectivity index (χ1) is 5.25. The Bertz CT molecular complexity index is 242. The summed E-state index contributed by atoms with van der Waals surface area (Å²) in [6, 6.07) is 0. The first-order valence-electron chi connectivity index (χ1n) is 3.27. The molecule has 0 aromatic carbocycles. The molecule has 1 atom stereocenters. The molecule has 0 aliphatic carbocycles. The molecular formula is C7H9ClN2O. The molecule has 0 saturated carbocycles. The molecule has 11 heavy (non-hydrogen) atoms. The molecule has 0 amide bonds. The van der Waals surface area contributed by atoms with Crippen LogP contribution in [0.4, 0.5) is 0 Å². The summed E-state index contributed by atoms with van der Waals surface area (Å²) in [7, 11) is 0. The van der Waals surface area contributed by atoms with Crippen LogP contribution in [-0.4, -0.2) is 21.0 Å². The number of aliphatic hydroxyl groups is 1. The van der Waals surface area contributed by atoms with Crippen LogP contribution in [0, 0.1) is 6.92 Å². The van der Waals surface area contributed by atoms with Crippen molar-refractivity contribution < 1.29 is 5.11 Å². The number of aryl methyl sites for hydroxylation is 1. The largest absolute Gasteiger partial charge is 0.385 e. The highest BCUT2D eigenvalue weighted by Gasteiger charge is 2.09. The molecule has 1 N–H and O–H groups in total. The van der Waals surface area contributed by atoms with Crippen LogP contribution in [0.5, 0.6) is 0 Å². The van der Waals surface area contributed by atoms with Crippen LogP contribution in [0.25, 0.3) is 0 Å². The van der Waals surface area contributed by atoms with E-state index in [1.165, 1.54) is 6.20 Å². The Morgan fingerprint density at radius 2 is 2.18 bits per heavy atom. The molecule has 1 rings (SSSR count). The predicted octanol–water partition coefficient (Wildman–Crippen LogP) is 1.06. The minimum absolute atomic E-state index is 0.152. The zero-order valence-corrected chi connectivity index (χ0v) is 6.91. The monoisotopic (exact) mass is 172 g/mol. The van der Waals surface area contributed by atoms with Crippen LogP contribution >= 0.6 is 11.6 Å². The van der Waals surface area contributed by atoms with E-state index in [2.05, 4.69) is 9.97 Å². The van der Waals surface area contributed by atoms with E-state index in [0.29, 0.717) is 5.69 Å². The molecule has 0 saturated heterocycles. The van der Waals surface area contributed by atoms with Crippen LogP contribution in [-0.2, 0) is 0 Å². The van der Waals surface area contributed by atoms with Crippen LogP contribution in [0.3, 0.4) is 0 Å². The third-order valence-electron chi connectivity index (χ3n) is 1.38. The van der Waals surface area contributed by atoms with E-state index in [4.69, 9.17) is 11.6 Å². The topological polar surface area (TPSA) is 46.0 Å². The Labute approximate surface area is 70.1 Å². The molecule has 0 aliphatic heterocycles. The number of rotatable bonds is 2. The highest BCUT2D eigenvalue weighted by Crippen LogP contribution is 2.12. The summed E-state index contributed by atoms with van der Waals surface area (Å²) < 4.78 is 0. The second-order valence-corrected chi connectivity index (χ2v) is 2.51. The summed E-state index contributed by atoms with van der Waals surface area (Å²) in [6.07, 6.45) is 2.42. The summed E-state index contributed by atoms with van der Waals surface area (Å²) in [5.41, 5.74) is 1.28. The normalized spacial score (nSPS) is 13.0. The van der Waals surface area contributed by atoms with Crippen LogP contribution in [0.1, 0.15) is 17.5 Å². The van der Waals surface area contributed by atoms with Crippen LogP contribution in [0.15, 0.2) is 12.4 Å². The molecule has 1 aromatic rings. The zero-order valence-electron chi connectivity index (χ0n) is 6.16. The lowest BCUT2D eigenvalue weighted by molar-refractivity contribution is 0.196. The minimum Gasteiger partial charge on any atom is -0.385 e. The maximum atomic E-state index is 9.28. The SMILES string of the molecule is Cc1nccnc1[C@@H](O)CCl. The highest BCUT2D eigenvalue weighted by atomic mass is 35.5. The fourth-order valence-corrected chi connectivity index (χ4v) is 0.965. The average Bonchev–Trinajstić information content (AvgIpc) is 2.04. The fourth-order valence-electron chi connectivity index (χ4n) is 0.819. The van der Waals surface area contributed by atoms with Gasteiger partial charge in [-0.05, 0) is 6.92 Å². The van der Waals surface area contributed by atoms with Crippen molar-refractivity contribution in [1.82, 2.24) is 9.97 Å². The Morgan fingerprint density at radius 3 is 2.73 bits per heavy atom. The maximum Gasteiger partial charge on any atom is 0.111 e. The zero-order chi connectivity index (χ0) is 8.27. The summed E-state index contributed by atoms with van der Waals surface area (Å²) in [4.78, 5) is 7.92. The van der Waals surface area contributed by atoms with Crippen molar-refractivity contribution in [2.45, 2.75) is 13.0 Å². The highest BCUT2D eigenvalue weighted by molar-refractivity contribution is 6.18. The van der Waals surface area contributed by atoms with Crippen molar-refractivity contribution in [3.05, 3.63) is 23.8 Å². The van der Waals surface area contributed by atoms with Gasteiger partial charge in [-0.25, -0.2) is 0 Å². The van der Waals surface area contributed by atoms with Gasteiger partial charge in [0.25, 0.3) is 0 Å². The lowest BCUT2D eigenvalue weighted by Crippen LogP contribution is -2.05. The van der Waals surface area contributed by atoms with Crippen molar-refractivity contribution in [2.24, 2.45) is 0 Å². The smallest absolute Gasteiger partial charge is 0.111 e. The molecule has 0 radical (unpaired) electrons. The minimum atomic E-state index is -0.703. The molecule has 0 spiro atoms. The van der Waals surface area contributed by atoms with Crippen molar-refractivity contribution in [3.8, 4) is 0 Å². The second-order valence-electron chi connectivity index (χ2n) is 2.20. The molecular weight excluding hydrogens is 164 g/mol. The van der Waals surface area contributed by atoms with Crippen LogP contribution < -0.4 is 0 Å². The van der Waals surface area contributed by atoms with E-state index < -0.39 is 6.10 Å². The number of alkyl halides is 1. The van der Waals surface area contributed by atoms with Gasteiger partial charge in [0.05, 0.1) is 17.3 Å². The second kappa shape index (κ2) is 3.64. The number of nitrogens with zero attached hydrogens (tertiary/aromatic N) is 2. The Hall–Kier alpha value is -0.670. The molecule has 0 fully saturated rings. The summed E-state index contributed by atoms with van der Waals surface area (Å²) in [6.45, 7) is 1.79. The molecule has 0 aliphatic rings. The third kappa shape index (κ3) is 1.88. The van der Waals surface area contributed by atoms with E-state index in [1.807, 2.05) is 0 Å². The van der Waals surface area contributed by atoms with E-state index in [-0.39, 0.29) is 5.88 Å². The van der Waals surface area contributed by atoms with Gasteiger partial charge >= 0.3 is 0 Å². The number of aromatic nitrogens is 2. The first-order valence-corrected chi connectivity index (χ1v) is 3.80. The molecule has 0 bridgehead atoms. The number of hydrogen-bond donors (Lipinski definition) is 1. The van der Waals surface area contributed by atoms with E-state index >= 15 is 0 Å². The molecule has 0 unspecified atom stereocenters. The predicted molar refractivity (Wildman–Crippen MR) is 42.4 cm³/mol.